The lowest BCUT2D eigenvalue weighted by Gasteiger charge is -2.24. The summed E-state index contributed by atoms with van der Waals surface area (Å²) in [5.74, 6) is -1.14. The number of aliphatic hydroxyl groups is 3. The van der Waals surface area contributed by atoms with E-state index in [-0.39, 0.29) is 30.8 Å². The van der Waals surface area contributed by atoms with Crippen LogP contribution >= 0.6 is 0 Å². The van der Waals surface area contributed by atoms with Gasteiger partial charge >= 0.3 is 0 Å². The number of allylic oxidation sites excluding steroid dienone is 4. The molecule has 0 saturated carbocycles. The molecule has 0 bridgehead atoms. The number of benzene rings is 5. The molecule has 0 aliphatic carbocycles. The van der Waals surface area contributed by atoms with E-state index in [2.05, 4.69) is 6.58 Å². The summed E-state index contributed by atoms with van der Waals surface area (Å²) in [5.41, 5.74) is 2.11. The third kappa shape index (κ3) is 11.6. The maximum atomic E-state index is 13.9. The van der Waals surface area contributed by atoms with Crippen molar-refractivity contribution in [3.05, 3.63) is 214 Å². The summed E-state index contributed by atoms with van der Waals surface area (Å²) in [6.45, 7) is 10.6. The van der Waals surface area contributed by atoms with Crippen LogP contribution in [-0.2, 0) is 36.9 Å². The second-order valence-electron chi connectivity index (χ2n) is 15.7. The highest BCUT2D eigenvalue weighted by molar-refractivity contribution is 6.03. The number of hydrogen-bond donors (Lipinski definition) is 3. The van der Waals surface area contributed by atoms with Crippen molar-refractivity contribution < 1.29 is 29.7 Å². The van der Waals surface area contributed by atoms with Gasteiger partial charge in [0.25, 0.3) is 0 Å². The van der Waals surface area contributed by atoms with Crippen molar-refractivity contribution >= 4 is 17.3 Å². The first-order valence-corrected chi connectivity index (χ1v) is 19.2. The van der Waals surface area contributed by atoms with Crippen molar-refractivity contribution in [2.45, 2.75) is 76.6 Å². The lowest BCUT2D eigenvalue weighted by atomic mass is 9.85. The predicted octanol–water partition coefficient (Wildman–Crippen LogP) is 8.82. The Labute approximate surface area is 336 Å². The van der Waals surface area contributed by atoms with E-state index in [1.165, 1.54) is 20.8 Å². The van der Waals surface area contributed by atoms with E-state index in [9.17, 15) is 29.7 Å². The third-order valence-corrected chi connectivity index (χ3v) is 10.2. The lowest BCUT2D eigenvalue weighted by Crippen LogP contribution is -2.38. The van der Waals surface area contributed by atoms with Crippen molar-refractivity contribution in [1.29, 1.82) is 0 Å². The van der Waals surface area contributed by atoms with Gasteiger partial charge in [0.05, 0.1) is 0 Å². The second kappa shape index (κ2) is 18.4. The first-order valence-electron chi connectivity index (χ1n) is 19.2. The molecule has 3 unspecified atom stereocenters. The molecule has 292 valence electrons. The van der Waals surface area contributed by atoms with E-state index in [0.29, 0.717) is 35.1 Å². The molecule has 0 aliphatic heterocycles. The van der Waals surface area contributed by atoms with E-state index in [4.69, 9.17) is 0 Å². The summed E-state index contributed by atoms with van der Waals surface area (Å²) in [6, 6.07) is 42.3. The minimum Gasteiger partial charge on any atom is -0.382 e. The Morgan fingerprint density at radius 1 is 0.491 bits per heavy atom. The Morgan fingerprint density at radius 2 is 0.842 bits per heavy atom. The zero-order valence-corrected chi connectivity index (χ0v) is 33.2. The van der Waals surface area contributed by atoms with Gasteiger partial charge in [-0.15, -0.1) is 0 Å². The number of rotatable bonds is 18. The fraction of sp³-hybridized carbons (Fsp3) is 0.235. The third-order valence-electron chi connectivity index (χ3n) is 10.2. The summed E-state index contributed by atoms with van der Waals surface area (Å²) in [6.07, 6.45) is 5.02. The topological polar surface area (TPSA) is 112 Å². The quantitative estimate of drug-likeness (QED) is 0.0468. The lowest BCUT2D eigenvalue weighted by molar-refractivity contribution is -0.131. The van der Waals surface area contributed by atoms with Crippen LogP contribution in [0.3, 0.4) is 0 Å². The molecule has 0 amide bonds. The fourth-order valence-electron chi connectivity index (χ4n) is 7.02. The molecular weight excluding hydrogens is 709 g/mol. The molecule has 57 heavy (non-hydrogen) atoms. The number of carbonyl (C=O) groups excluding carboxylic acids is 3. The zero-order valence-electron chi connectivity index (χ0n) is 33.2. The van der Waals surface area contributed by atoms with Gasteiger partial charge in [-0.25, -0.2) is 0 Å². The molecule has 0 aliphatic rings. The summed E-state index contributed by atoms with van der Waals surface area (Å²) in [7, 11) is 0. The Bertz CT molecular complexity index is 2230. The molecule has 0 radical (unpaired) electrons. The average Bonchev–Trinajstić information content (AvgIpc) is 3.19. The van der Waals surface area contributed by atoms with E-state index >= 15 is 0 Å². The second-order valence-corrected chi connectivity index (χ2v) is 15.7. The monoisotopic (exact) mass is 760 g/mol. The van der Waals surface area contributed by atoms with Gasteiger partial charge in [-0.2, -0.15) is 0 Å². The smallest absolute Gasteiger partial charge is 0.194 e. The van der Waals surface area contributed by atoms with Crippen LogP contribution in [0, 0.1) is 0 Å². The SMILES string of the molecule is C=C(/C=C\C(Cc1ccc(C(=O)C(C)(O)Cc2ccccc2)cc1)=C(/C)C(=O)C(C)(O)Cc1ccccc1)Cc1ccc(C(=O)C(C)(O)Cc2ccccc2)cc1. The van der Waals surface area contributed by atoms with Gasteiger partial charge in [-0.1, -0.05) is 164 Å². The van der Waals surface area contributed by atoms with Gasteiger partial charge in [0.15, 0.2) is 17.3 Å². The number of Topliss-reactive ketones (excluding diaryl/α,β-unsaturated/α-hetero) is 3. The number of ketones is 3. The summed E-state index contributed by atoms with van der Waals surface area (Å²) in [5, 5.41) is 33.6. The molecule has 3 atom stereocenters. The minimum absolute atomic E-state index is 0.146. The van der Waals surface area contributed by atoms with Crippen LogP contribution in [0.2, 0.25) is 0 Å². The van der Waals surface area contributed by atoms with E-state index < -0.39 is 22.6 Å². The van der Waals surface area contributed by atoms with Crippen molar-refractivity contribution in [2.24, 2.45) is 0 Å². The summed E-state index contributed by atoms with van der Waals surface area (Å²) < 4.78 is 0. The van der Waals surface area contributed by atoms with Crippen LogP contribution in [0.5, 0.6) is 0 Å². The van der Waals surface area contributed by atoms with Gasteiger partial charge in [-0.3, -0.25) is 14.4 Å². The van der Waals surface area contributed by atoms with Crippen LogP contribution in [0.1, 0.15) is 76.2 Å². The predicted molar refractivity (Wildman–Crippen MR) is 227 cm³/mol. The zero-order chi connectivity index (χ0) is 41.2. The van der Waals surface area contributed by atoms with Gasteiger partial charge in [0, 0.05) is 30.4 Å². The molecule has 0 saturated heterocycles. The van der Waals surface area contributed by atoms with Gasteiger partial charge in [-0.05, 0) is 79.5 Å². The molecule has 0 spiro atoms. The maximum Gasteiger partial charge on any atom is 0.194 e. The summed E-state index contributed by atoms with van der Waals surface area (Å²) in [4.78, 5) is 40.5. The fourth-order valence-corrected chi connectivity index (χ4v) is 7.02. The van der Waals surface area contributed by atoms with E-state index in [1.807, 2.05) is 127 Å². The minimum atomic E-state index is -1.66. The van der Waals surface area contributed by atoms with Crippen LogP contribution in [0.4, 0.5) is 0 Å². The molecule has 0 heterocycles. The normalized spacial score (nSPS) is 15.1. The van der Waals surface area contributed by atoms with Crippen LogP contribution < -0.4 is 0 Å². The first-order chi connectivity index (χ1) is 27.0. The maximum absolute atomic E-state index is 13.9. The average molecular weight is 761 g/mol. The molecule has 3 N–H and O–H groups in total. The van der Waals surface area contributed by atoms with E-state index in [0.717, 1.165) is 33.4 Å². The first kappa shape index (κ1) is 42.4. The van der Waals surface area contributed by atoms with Gasteiger partial charge in [0.2, 0.25) is 0 Å². The molecule has 5 aromatic carbocycles. The van der Waals surface area contributed by atoms with Crippen molar-refractivity contribution in [2.75, 3.05) is 0 Å². The highest BCUT2D eigenvalue weighted by atomic mass is 16.3. The molecule has 0 aromatic heterocycles. The molecular formula is C51H52O6. The summed E-state index contributed by atoms with van der Waals surface area (Å²) >= 11 is 0. The van der Waals surface area contributed by atoms with Crippen molar-refractivity contribution in [3.63, 3.8) is 0 Å². The molecule has 5 rings (SSSR count). The van der Waals surface area contributed by atoms with Gasteiger partial charge in [0.1, 0.15) is 16.8 Å². The van der Waals surface area contributed by atoms with E-state index in [1.54, 1.807) is 31.2 Å². The molecule has 6 nitrogen and oxygen atoms in total. The Balaban J connectivity index is 1.33. The number of hydrogen-bond acceptors (Lipinski definition) is 6. The largest absolute Gasteiger partial charge is 0.382 e. The highest BCUT2D eigenvalue weighted by Crippen LogP contribution is 2.26. The van der Waals surface area contributed by atoms with Crippen LogP contribution in [-0.4, -0.2) is 49.5 Å². The van der Waals surface area contributed by atoms with Crippen LogP contribution in [0.25, 0.3) is 0 Å². The van der Waals surface area contributed by atoms with Crippen molar-refractivity contribution in [1.82, 2.24) is 0 Å². The molecule has 6 heteroatoms. The van der Waals surface area contributed by atoms with Crippen molar-refractivity contribution in [3.8, 4) is 0 Å². The highest BCUT2D eigenvalue weighted by Gasteiger charge is 2.34. The van der Waals surface area contributed by atoms with Crippen LogP contribution in [0.15, 0.2) is 175 Å². The molecule has 5 aromatic rings. The Morgan fingerprint density at radius 3 is 1.23 bits per heavy atom. The van der Waals surface area contributed by atoms with Gasteiger partial charge < -0.3 is 15.3 Å². The Kier molecular flexibility index (Phi) is 13.7. The number of carbonyl (C=O) groups is 3. The standard InChI is InChI=1S/C51H52O6/c1-36(31-38-22-27-43(28-23-38)47(53)50(4,56)34-41-17-11-7-12-18-41)21-26-45(37(2)46(52)49(3,55)33-40-15-9-6-10-16-40)32-39-24-29-44(30-25-39)48(54)51(5,57)35-42-19-13-8-14-20-42/h6-30,55-57H,1,31-35H2,2-5H3/b26-21-,45-37-. The Hall–Kier alpha value is -5.79. The molecule has 0 fully saturated rings.